The lowest BCUT2D eigenvalue weighted by Crippen LogP contribution is -2.23. The summed E-state index contributed by atoms with van der Waals surface area (Å²) in [5, 5.41) is 10.2. The first kappa shape index (κ1) is 14.8. The molecule has 0 saturated heterocycles. The van der Waals surface area contributed by atoms with Gasteiger partial charge in [-0.1, -0.05) is 30.3 Å². The summed E-state index contributed by atoms with van der Waals surface area (Å²) in [6.07, 6.45) is 2.33. The third-order valence-corrected chi connectivity index (χ3v) is 3.97. The van der Waals surface area contributed by atoms with Crippen molar-refractivity contribution in [3.8, 4) is 5.75 Å². The van der Waals surface area contributed by atoms with Crippen LogP contribution in [0.25, 0.3) is 5.52 Å². The molecular formula is C18H16N2O3. The molecule has 0 fully saturated rings. The Morgan fingerprint density at radius 1 is 1.13 bits per heavy atom. The zero-order valence-electron chi connectivity index (χ0n) is 12.6. The molecule has 3 N–H and O–H groups in total. The number of rotatable bonds is 4. The number of aromatic hydroxyl groups is 1. The van der Waals surface area contributed by atoms with Gasteiger partial charge in [0.25, 0.3) is 11.7 Å². The molecule has 0 aliphatic heterocycles. The van der Waals surface area contributed by atoms with Crippen molar-refractivity contribution in [2.75, 3.05) is 0 Å². The summed E-state index contributed by atoms with van der Waals surface area (Å²) in [5.41, 5.74) is 8.21. The average Bonchev–Trinajstić information content (AvgIpc) is 2.82. The number of hydrogen-bond acceptors (Lipinski definition) is 3. The molecule has 2 heterocycles. The quantitative estimate of drug-likeness (QED) is 0.572. The van der Waals surface area contributed by atoms with E-state index in [0.29, 0.717) is 17.5 Å². The second-order valence-electron chi connectivity index (χ2n) is 5.41. The second kappa shape index (κ2) is 5.61. The van der Waals surface area contributed by atoms with Crippen LogP contribution in [0.1, 0.15) is 27.2 Å². The van der Waals surface area contributed by atoms with Gasteiger partial charge in [-0.05, 0) is 30.2 Å². The molecule has 2 aromatic heterocycles. The smallest absolute Gasteiger partial charge is 0.289 e. The molecule has 0 bridgehead atoms. The summed E-state index contributed by atoms with van der Waals surface area (Å²) < 4.78 is 1.74. The van der Waals surface area contributed by atoms with Gasteiger partial charge in [0.1, 0.15) is 5.75 Å². The number of nitrogens with zero attached hydrogens (tertiary/aromatic N) is 1. The van der Waals surface area contributed by atoms with Crippen molar-refractivity contribution >= 4 is 17.2 Å². The molecule has 0 aliphatic carbocycles. The number of carbonyl (C=O) groups excluding carboxylic acids is 2. The number of ketones is 1. The lowest BCUT2D eigenvalue weighted by Gasteiger charge is -2.05. The molecular weight excluding hydrogens is 292 g/mol. The van der Waals surface area contributed by atoms with E-state index in [-0.39, 0.29) is 11.3 Å². The van der Waals surface area contributed by atoms with Gasteiger partial charge in [-0.2, -0.15) is 0 Å². The Hall–Kier alpha value is -3.08. The fraction of sp³-hybridized carbons (Fsp3) is 0.111. The highest BCUT2D eigenvalue weighted by atomic mass is 16.3. The fourth-order valence-corrected chi connectivity index (χ4v) is 2.88. The first-order chi connectivity index (χ1) is 11.0. The number of benzene rings is 1. The van der Waals surface area contributed by atoms with Gasteiger partial charge < -0.3 is 15.2 Å². The highest BCUT2D eigenvalue weighted by Crippen LogP contribution is 2.31. The Morgan fingerprint density at radius 3 is 2.48 bits per heavy atom. The molecule has 0 aliphatic rings. The van der Waals surface area contributed by atoms with Crippen molar-refractivity contribution in [3.63, 3.8) is 0 Å². The van der Waals surface area contributed by atoms with Crippen molar-refractivity contribution in [1.82, 2.24) is 4.40 Å². The van der Waals surface area contributed by atoms with E-state index in [4.69, 9.17) is 5.73 Å². The number of nitrogens with two attached hydrogens (primary N) is 1. The molecule has 0 unspecified atom stereocenters. The van der Waals surface area contributed by atoms with Crippen LogP contribution in [0.4, 0.5) is 0 Å². The molecule has 0 saturated carbocycles. The van der Waals surface area contributed by atoms with Crippen LogP contribution in [0.2, 0.25) is 0 Å². The van der Waals surface area contributed by atoms with Gasteiger partial charge in [0.15, 0.2) is 0 Å². The van der Waals surface area contributed by atoms with E-state index in [9.17, 15) is 14.7 Å². The molecule has 116 valence electrons. The van der Waals surface area contributed by atoms with Gasteiger partial charge in [0.2, 0.25) is 0 Å². The van der Waals surface area contributed by atoms with Crippen LogP contribution < -0.4 is 5.73 Å². The number of Topliss-reactive ketones (excluding diaryl/α,β-unsaturated/α-hetero) is 1. The Labute approximate surface area is 133 Å². The van der Waals surface area contributed by atoms with Crippen LogP contribution in [-0.2, 0) is 11.2 Å². The van der Waals surface area contributed by atoms with Crippen LogP contribution in [0, 0.1) is 6.92 Å². The third kappa shape index (κ3) is 2.46. The maximum atomic E-state index is 12.2. The minimum atomic E-state index is -1.03. The first-order valence-corrected chi connectivity index (χ1v) is 7.20. The number of aromatic nitrogens is 1. The summed E-state index contributed by atoms with van der Waals surface area (Å²) in [4.78, 5) is 23.6. The number of hydrogen-bond donors (Lipinski definition) is 2. The van der Waals surface area contributed by atoms with Gasteiger partial charge in [0, 0.05) is 18.3 Å². The molecule has 1 amide bonds. The number of carbonyl (C=O) groups is 2. The number of fused-ring (bicyclic) bond motifs is 1. The fourth-order valence-electron chi connectivity index (χ4n) is 2.88. The molecule has 5 nitrogen and oxygen atoms in total. The zero-order valence-corrected chi connectivity index (χ0v) is 12.6. The summed E-state index contributed by atoms with van der Waals surface area (Å²) in [6.45, 7) is 1.76. The Morgan fingerprint density at radius 2 is 1.83 bits per heavy atom. The molecule has 5 heteroatoms. The highest BCUT2D eigenvalue weighted by molar-refractivity contribution is 6.44. The van der Waals surface area contributed by atoms with E-state index in [0.717, 1.165) is 11.3 Å². The van der Waals surface area contributed by atoms with Gasteiger partial charge in [-0.25, -0.2) is 0 Å². The summed E-state index contributed by atoms with van der Waals surface area (Å²) in [7, 11) is 0. The van der Waals surface area contributed by atoms with Crippen LogP contribution in [0.15, 0.2) is 48.7 Å². The van der Waals surface area contributed by atoms with Gasteiger partial charge in [0.05, 0.1) is 11.1 Å². The van der Waals surface area contributed by atoms with E-state index in [1.54, 1.807) is 23.6 Å². The van der Waals surface area contributed by atoms with Crippen LogP contribution >= 0.6 is 0 Å². The Bertz CT molecular complexity index is 911. The lowest BCUT2D eigenvalue weighted by atomic mass is 10.0. The normalized spacial score (nSPS) is 10.8. The van der Waals surface area contributed by atoms with Gasteiger partial charge in [-0.3, -0.25) is 9.59 Å². The standard InChI is InChI=1S/C18H16N2O3/c1-11-13(10-12-6-3-2-4-7-12)20-9-5-8-14(21)16(20)15(11)17(22)18(19)23/h2-9,21H,10H2,1H3,(H2,19,23). The molecule has 0 spiro atoms. The van der Waals surface area contributed by atoms with Crippen molar-refractivity contribution in [1.29, 1.82) is 0 Å². The monoisotopic (exact) mass is 308 g/mol. The Balaban J connectivity index is 2.27. The predicted molar refractivity (Wildman–Crippen MR) is 86.6 cm³/mol. The number of amides is 1. The second-order valence-corrected chi connectivity index (χ2v) is 5.41. The number of primary amides is 1. The van der Waals surface area contributed by atoms with Crippen molar-refractivity contribution in [3.05, 3.63) is 71.0 Å². The van der Waals surface area contributed by atoms with Crippen LogP contribution in [0.3, 0.4) is 0 Å². The molecule has 1 aromatic carbocycles. The lowest BCUT2D eigenvalue weighted by molar-refractivity contribution is -0.114. The minimum absolute atomic E-state index is 0.0560. The molecule has 0 atom stereocenters. The van der Waals surface area contributed by atoms with E-state index >= 15 is 0 Å². The van der Waals surface area contributed by atoms with E-state index in [1.165, 1.54) is 6.07 Å². The molecule has 23 heavy (non-hydrogen) atoms. The van der Waals surface area contributed by atoms with E-state index in [1.807, 2.05) is 30.3 Å². The van der Waals surface area contributed by atoms with E-state index < -0.39 is 11.7 Å². The van der Waals surface area contributed by atoms with E-state index in [2.05, 4.69) is 0 Å². The minimum Gasteiger partial charge on any atom is -0.506 e. The third-order valence-electron chi connectivity index (χ3n) is 3.97. The van der Waals surface area contributed by atoms with Crippen LogP contribution in [0.5, 0.6) is 5.75 Å². The van der Waals surface area contributed by atoms with Crippen molar-refractivity contribution in [2.24, 2.45) is 5.73 Å². The largest absolute Gasteiger partial charge is 0.506 e. The maximum absolute atomic E-state index is 12.2. The molecule has 0 radical (unpaired) electrons. The first-order valence-electron chi connectivity index (χ1n) is 7.20. The Kier molecular flexibility index (Phi) is 3.62. The zero-order chi connectivity index (χ0) is 16.6. The van der Waals surface area contributed by atoms with Crippen molar-refractivity contribution in [2.45, 2.75) is 13.3 Å². The summed E-state index contributed by atoms with van der Waals surface area (Å²) >= 11 is 0. The van der Waals surface area contributed by atoms with Crippen LogP contribution in [-0.4, -0.2) is 21.2 Å². The maximum Gasteiger partial charge on any atom is 0.289 e. The molecule has 3 rings (SSSR count). The number of pyridine rings is 1. The SMILES string of the molecule is Cc1c(C(=O)C(N)=O)c2c(O)cccn2c1Cc1ccccc1. The summed E-state index contributed by atoms with van der Waals surface area (Å²) in [5.74, 6) is -1.88. The van der Waals surface area contributed by atoms with Crippen molar-refractivity contribution < 1.29 is 14.7 Å². The summed E-state index contributed by atoms with van der Waals surface area (Å²) in [6, 6.07) is 12.9. The van der Waals surface area contributed by atoms with Gasteiger partial charge in [-0.15, -0.1) is 0 Å². The van der Waals surface area contributed by atoms with Gasteiger partial charge >= 0.3 is 0 Å². The highest BCUT2D eigenvalue weighted by Gasteiger charge is 2.25. The average molecular weight is 308 g/mol. The topological polar surface area (TPSA) is 84.8 Å². The molecule has 3 aromatic rings. The predicted octanol–water partition coefficient (Wildman–Crippen LogP) is 2.21.